The molecule has 0 fully saturated rings. The molecule has 2 rings (SSSR count). The highest BCUT2D eigenvalue weighted by Crippen LogP contribution is 2.28. The number of anilines is 1. The maximum atomic E-state index is 12.1. The predicted octanol–water partition coefficient (Wildman–Crippen LogP) is 2.36. The number of amides is 2. The molecule has 2 N–H and O–H groups in total. The van der Waals surface area contributed by atoms with Crippen LogP contribution in [0.1, 0.15) is 5.56 Å². The van der Waals surface area contributed by atoms with Crippen LogP contribution in [-0.2, 0) is 9.59 Å². The molecule has 0 unspecified atom stereocenters. The van der Waals surface area contributed by atoms with Crippen LogP contribution in [0.3, 0.4) is 0 Å². The lowest BCUT2D eigenvalue weighted by Crippen LogP contribution is -2.32. The van der Waals surface area contributed by atoms with Gasteiger partial charge in [-0.25, -0.2) is 5.43 Å². The van der Waals surface area contributed by atoms with E-state index < -0.39 is 11.8 Å². The van der Waals surface area contributed by atoms with E-state index in [0.717, 1.165) is 0 Å². The molecule has 2 aromatic rings. The Bertz CT molecular complexity index is 880. The number of rotatable bonds is 8. The van der Waals surface area contributed by atoms with Crippen molar-refractivity contribution in [3.05, 3.63) is 60.7 Å². The van der Waals surface area contributed by atoms with Crippen molar-refractivity contribution in [2.45, 2.75) is 0 Å². The van der Waals surface area contributed by atoms with Gasteiger partial charge in [-0.05, 0) is 29.8 Å². The Morgan fingerprint density at radius 3 is 2.61 bits per heavy atom. The van der Waals surface area contributed by atoms with Gasteiger partial charge in [0.1, 0.15) is 23.9 Å². The van der Waals surface area contributed by atoms with Gasteiger partial charge >= 0.3 is 11.8 Å². The first-order valence-corrected chi connectivity index (χ1v) is 8.27. The van der Waals surface area contributed by atoms with Crippen molar-refractivity contribution in [3.63, 3.8) is 0 Å². The highest BCUT2D eigenvalue weighted by molar-refractivity contribution is 6.39. The lowest BCUT2D eigenvalue weighted by molar-refractivity contribution is -0.136. The largest absolute Gasteiger partial charge is 0.497 e. The molecule has 146 valence electrons. The lowest BCUT2D eigenvalue weighted by Gasteiger charge is -2.11. The standard InChI is InChI=1S/C20H21N3O5/c1-4-10-28-16-7-5-6-14(11-16)13-21-23-20(25)19(24)22-17-12-15(26-2)8-9-18(17)27-3/h4-9,11-13H,1,10H2,2-3H3,(H,22,24)(H,23,25)/b21-13-. The quantitative estimate of drug-likeness (QED) is 0.316. The van der Waals surface area contributed by atoms with Crippen molar-refractivity contribution in [1.82, 2.24) is 5.43 Å². The lowest BCUT2D eigenvalue weighted by atomic mass is 10.2. The van der Waals surface area contributed by atoms with Gasteiger partial charge in [0.15, 0.2) is 0 Å². The van der Waals surface area contributed by atoms with Gasteiger partial charge in [-0.1, -0.05) is 24.8 Å². The third-order valence-electron chi connectivity index (χ3n) is 3.47. The summed E-state index contributed by atoms with van der Waals surface area (Å²) in [7, 11) is 2.95. The Morgan fingerprint density at radius 2 is 1.89 bits per heavy atom. The molecular weight excluding hydrogens is 362 g/mol. The van der Waals surface area contributed by atoms with E-state index in [0.29, 0.717) is 35.1 Å². The predicted molar refractivity (Wildman–Crippen MR) is 106 cm³/mol. The minimum atomic E-state index is -0.930. The highest BCUT2D eigenvalue weighted by atomic mass is 16.5. The summed E-state index contributed by atoms with van der Waals surface area (Å²) in [4.78, 5) is 24.0. The third kappa shape index (κ3) is 5.87. The summed E-state index contributed by atoms with van der Waals surface area (Å²) < 4.78 is 15.7. The number of hydrogen-bond donors (Lipinski definition) is 2. The maximum Gasteiger partial charge on any atom is 0.329 e. The molecule has 0 saturated heterocycles. The molecule has 2 amide bonds. The minimum Gasteiger partial charge on any atom is -0.497 e. The molecule has 0 bridgehead atoms. The van der Waals surface area contributed by atoms with Crippen LogP contribution in [0.15, 0.2) is 60.2 Å². The van der Waals surface area contributed by atoms with Crippen LogP contribution in [0.2, 0.25) is 0 Å². The van der Waals surface area contributed by atoms with E-state index in [9.17, 15) is 9.59 Å². The minimum absolute atomic E-state index is 0.304. The molecule has 0 aliphatic carbocycles. The van der Waals surface area contributed by atoms with Gasteiger partial charge in [-0.2, -0.15) is 5.10 Å². The van der Waals surface area contributed by atoms with E-state index in [2.05, 4.69) is 22.4 Å². The molecule has 0 radical (unpaired) electrons. The van der Waals surface area contributed by atoms with Crippen molar-refractivity contribution in [3.8, 4) is 17.2 Å². The second kappa shape index (κ2) is 10.4. The highest BCUT2D eigenvalue weighted by Gasteiger charge is 2.16. The zero-order valence-corrected chi connectivity index (χ0v) is 15.6. The summed E-state index contributed by atoms with van der Waals surface area (Å²) >= 11 is 0. The second-order valence-corrected chi connectivity index (χ2v) is 5.39. The first kappa shape index (κ1) is 20.5. The van der Waals surface area contributed by atoms with Gasteiger partial charge in [0.2, 0.25) is 0 Å². The van der Waals surface area contributed by atoms with Crippen LogP contribution < -0.4 is 25.0 Å². The number of hydrazone groups is 1. The van der Waals surface area contributed by atoms with Crippen molar-refractivity contribution < 1.29 is 23.8 Å². The van der Waals surface area contributed by atoms with Gasteiger partial charge in [0.05, 0.1) is 26.1 Å². The SMILES string of the molecule is C=CCOc1cccc(/C=N\NC(=O)C(=O)Nc2cc(OC)ccc2OC)c1. The molecule has 8 nitrogen and oxygen atoms in total. The summed E-state index contributed by atoms with van der Waals surface area (Å²) in [5.41, 5.74) is 3.16. The summed E-state index contributed by atoms with van der Waals surface area (Å²) in [6, 6.07) is 11.9. The van der Waals surface area contributed by atoms with Crippen LogP contribution in [-0.4, -0.2) is 38.9 Å². The average molecular weight is 383 g/mol. The number of ether oxygens (including phenoxy) is 3. The van der Waals surface area contributed by atoms with Crippen LogP contribution in [0.5, 0.6) is 17.2 Å². The van der Waals surface area contributed by atoms with Crippen LogP contribution in [0.4, 0.5) is 5.69 Å². The van der Waals surface area contributed by atoms with Gasteiger partial charge in [-0.15, -0.1) is 0 Å². The van der Waals surface area contributed by atoms with E-state index in [1.807, 2.05) is 0 Å². The number of benzene rings is 2. The number of nitrogens with zero attached hydrogens (tertiary/aromatic N) is 1. The molecule has 0 aromatic heterocycles. The number of carbonyl (C=O) groups is 2. The van der Waals surface area contributed by atoms with Crippen LogP contribution in [0.25, 0.3) is 0 Å². The van der Waals surface area contributed by atoms with Gasteiger partial charge < -0.3 is 19.5 Å². The Hall–Kier alpha value is -3.81. The molecular formula is C20H21N3O5. The van der Waals surface area contributed by atoms with Crippen molar-refractivity contribution in [2.24, 2.45) is 5.10 Å². The smallest absolute Gasteiger partial charge is 0.329 e. The van der Waals surface area contributed by atoms with E-state index in [-0.39, 0.29) is 0 Å². The van der Waals surface area contributed by atoms with E-state index in [1.54, 1.807) is 48.5 Å². The number of nitrogens with one attached hydrogen (secondary N) is 2. The normalized spacial score (nSPS) is 10.2. The Labute approximate surface area is 162 Å². The molecule has 0 heterocycles. The Kier molecular flexibility index (Phi) is 7.59. The summed E-state index contributed by atoms with van der Waals surface area (Å²) in [5, 5.41) is 6.24. The third-order valence-corrected chi connectivity index (χ3v) is 3.47. The van der Waals surface area contributed by atoms with Gasteiger partial charge in [-0.3, -0.25) is 9.59 Å². The molecule has 0 aliphatic rings. The zero-order chi connectivity index (χ0) is 20.4. The van der Waals surface area contributed by atoms with E-state index in [4.69, 9.17) is 14.2 Å². The second-order valence-electron chi connectivity index (χ2n) is 5.39. The van der Waals surface area contributed by atoms with E-state index in [1.165, 1.54) is 20.4 Å². The fourth-order valence-corrected chi connectivity index (χ4v) is 2.15. The Balaban J connectivity index is 1.97. The molecule has 0 aliphatic heterocycles. The molecule has 2 aromatic carbocycles. The molecule has 0 spiro atoms. The molecule has 28 heavy (non-hydrogen) atoms. The summed E-state index contributed by atoms with van der Waals surface area (Å²) in [6.45, 7) is 3.96. The average Bonchev–Trinajstić information content (AvgIpc) is 2.72. The summed E-state index contributed by atoms with van der Waals surface area (Å²) in [5.74, 6) is -0.292. The summed E-state index contributed by atoms with van der Waals surface area (Å²) in [6.07, 6.45) is 3.04. The fraction of sp³-hybridized carbons (Fsp3) is 0.150. The number of hydrogen-bond acceptors (Lipinski definition) is 6. The molecule has 8 heteroatoms. The van der Waals surface area contributed by atoms with Crippen molar-refractivity contribution in [1.29, 1.82) is 0 Å². The fourth-order valence-electron chi connectivity index (χ4n) is 2.15. The van der Waals surface area contributed by atoms with Gasteiger partial charge in [0.25, 0.3) is 0 Å². The maximum absolute atomic E-state index is 12.1. The molecule has 0 saturated carbocycles. The van der Waals surface area contributed by atoms with Crippen molar-refractivity contribution in [2.75, 3.05) is 26.1 Å². The van der Waals surface area contributed by atoms with Gasteiger partial charge in [0, 0.05) is 6.07 Å². The molecule has 0 atom stereocenters. The van der Waals surface area contributed by atoms with Crippen LogP contribution >= 0.6 is 0 Å². The van der Waals surface area contributed by atoms with Crippen LogP contribution in [0, 0.1) is 0 Å². The number of carbonyl (C=O) groups excluding carboxylic acids is 2. The van der Waals surface area contributed by atoms with E-state index >= 15 is 0 Å². The first-order chi connectivity index (χ1) is 13.6. The van der Waals surface area contributed by atoms with Crippen molar-refractivity contribution >= 4 is 23.7 Å². The Morgan fingerprint density at radius 1 is 1.07 bits per heavy atom. The topological polar surface area (TPSA) is 98.2 Å². The zero-order valence-electron chi connectivity index (χ0n) is 15.6. The first-order valence-electron chi connectivity index (χ1n) is 8.27. The number of methoxy groups -OCH3 is 2. The monoisotopic (exact) mass is 383 g/mol.